The molecule has 3 aromatic rings. The molecule has 1 aliphatic rings. The average Bonchev–Trinajstić information content (AvgIpc) is 3.23. The number of pyridine rings is 1. The van der Waals surface area contributed by atoms with Crippen LogP contribution in [0.25, 0.3) is 0 Å². The molecule has 6 nitrogen and oxygen atoms in total. The number of likely N-dealkylation sites (tertiary alicyclic amines) is 1. The summed E-state index contributed by atoms with van der Waals surface area (Å²) in [4.78, 5) is 23.4. The summed E-state index contributed by atoms with van der Waals surface area (Å²) in [5.74, 6) is 1.33. The van der Waals surface area contributed by atoms with E-state index in [0.717, 1.165) is 24.8 Å². The fraction of sp³-hybridized carbons (Fsp3) is 0.318. The monoisotopic (exact) mass is 395 g/mol. The highest BCUT2D eigenvalue weighted by Crippen LogP contribution is 2.32. The van der Waals surface area contributed by atoms with Crippen molar-refractivity contribution < 1.29 is 18.3 Å². The quantitative estimate of drug-likeness (QED) is 0.648. The van der Waals surface area contributed by atoms with E-state index in [-0.39, 0.29) is 17.8 Å². The van der Waals surface area contributed by atoms with E-state index in [2.05, 4.69) is 9.97 Å². The number of rotatable bonds is 5. The van der Waals surface area contributed by atoms with E-state index in [1.807, 2.05) is 0 Å². The molecule has 0 spiro atoms. The van der Waals surface area contributed by atoms with Crippen LogP contribution in [-0.4, -0.2) is 34.4 Å². The van der Waals surface area contributed by atoms with E-state index in [1.165, 1.54) is 25.4 Å². The zero-order valence-electron chi connectivity index (χ0n) is 16.2. The van der Waals surface area contributed by atoms with Gasteiger partial charge in [0.2, 0.25) is 11.8 Å². The molecule has 1 aliphatic heterocycles. The number of hydrogen-bond acceptors (Lipinski definition) is 5. The average molecular weight is 395 g/mol. The summed E-state index contributed by atoms with van der Waals surface area (Å²) in [5.41, 5.74) is 1.45. The predicted octanol–water partition coefficient (Wildman–Crippen LogP) is 4.18. The standard InChI is InChI=1S/C22H22FN3O3/c1-28-20-10-7-16(13-24-20)22(27)26-11-3-2-4-19(26)21-25-14-18(29-21)12-15-5-8-17(23)9-6-15/h5-10,13-14,19H,2-4,11-12H2,1H3. The second kappa shape index (κ2) is 8.43. The molecule has 0 radical (unpaired) electrons. The minimum Gasteiger partial charge on any atom is -0.481 e. The SMILES string of the molecule is COc1ccc(C(=O)N2CCCCC2c2ncc(Cc3ccc(F)cc3)o2)cn1. The molecule has 1 saturated heterocycles. The van der Waals surface area contributed by atoms with Crippen molar-refractivity contribution in [3.63, 3.8) is 0 Å². The molecule has 1 fully saturated rings. The molecule has 150 valence electrons. The second-order valence-corrected chi connectivity index (χ2v) is 7.07. The Hall–Kier alpha value is -3.22. The highest BCUT2D eigenvalue weighted by Gasteiger charge is 2.32. The maximum absolute atomic E-state index is 13.1. The van der Waals surface area contributed by atoms with Gasteiger partial charge in [-0.15, -0.1) is 0 Å². The summed E-state index contributed by atoms with van der Waals surface area (Å²) >= 11 is 0. The van der Waals surface area contributed by atoms with Crippen LogP contribution in [0.2, 0.25) is 0 Å². The highest BCUT2D eigenvalue weighted by atomic mass is 19.1. The van der Waals surface area contributed by atoms with Crippen LogP contribution in [-0.2, 0) is 6.42 Å². The summed E-state index contributed by atoms with van der Waals surface area (Å²) in [6, 6.07) is 9.50. The zero-order valence-corrected chi connectivity index (χ0v) is 16.2. The number of halogens is 1. The van der Waals surface area contributed by atoms with Gasteiger partial charge in [0.25, 0.3) is 5.91 Å². The first-order valence-electron chi connectivity index (χ1n) is 9.64. The number of oxazole rings is 1. The van der Waals surface area contributed by atoms with Crippen molar-refractivity contribution in [1.82, 2.24) is 14.9 Å². The molecule has 2 aromatic heterocycles. The lowest BCUT2D eigenvalue weighted by Crippen LogP contribution is -2.38. The third kappa shape index (κ3) is 4.29. The Bertz CT molecular complexity index is 970. The molecule has 1 unspecified atom stereocenters. The van der Waals surface area contributed by atoms with Gasteiger partial charge in [-0.25, -0.2) is 14.4 Å². The van der Waals surface area contributed by atoms with Crippen molar-refractivity contribution in [3.8, 4) is 5.88 Å². The molecule has 3 heterocycles. The molecule has 0 saturated carbocycles. The van der Waals surface area contributed by atoms with Gasteiger partial charge in [0.1, 0.15) is 17.6 Å². The first kappa shape index (κ1) is 19.1. The molecule has 1 aromatic carbocycles. The fourth-order valence-electron chi connectivity index (χ4n) is 3.59. The number of carbonyl (C=O) groups is 1. The lowest BCUT2D eigenvalue weighted by molar-refractivity contribution is 0.0569. The summed E-state index contributed by atoms with van der Waals surface area (Å²) < 4.78 is 24.1. The third-order valence-corrected chi connectivity index (χ3v) is 5.10. The maximum atomic E-state index is 13.1. The number of ether oxygens (including phenoxy) is 1. The van der Waals surface area contributed by atoms with Crippen molar-refractivity contribution in [2.75, 3.05) is 13.7 Å². The second-order valence-electron chi connectivity index (χ2n) is 7.07. The molecular formula is C22H22FN3O3. The van der Waals surface area contributed by atoms with Crippen LogP contribution in [0.1, 0.15) is 52.9 Å². The van der Waals surface area contributed by atoms with Crippen LogP contribution in [0, 0.1) is 5.82 Å². The molecule has 7 heteroatoms. The molecule has 0 N–H and O–H groups in total. The Morgan fingerprint density at radius 3 is 2.72 bits per heavy atom. The van der Waals surface area contributed by atoms with Gasteiger partial charge in [-0.05, 0) is 43.0 Å². The van der Waals surface area contributed by atoms with E-state index in [0.29, 0.717) is 36.1 Å². The lowest BCUT2D eigenvalue weighted by atomic mass is 10.0. The van der Waals surface area contributed by atoms with Gasteiger partial charge in [0.15, 0.2) is 0 Å². The third-order valence-electron chi connectivity index (χ3n) is 5.10. The van der Waals surface area contributed by atoms with Crippen LogP contribution < -0.4 is 4.74 Å². The number of carbonyl (C=O) groups excluding carboxylic acids is 1. The zero-order chi connectivity index (χ0) is 20.2. The number of methoxy groups -OCH3 is 1. The molecule has 29 heavy (non-hydrogen) atoms. The number of amides is 1. The number of piperidine rings is 1. The predicted molar refractivity (Wildman–Crippen MR) is 104 cm³/mol. The number of hydrogen-bond donors (Lipinski definition) is 0. The number of benzene rings is 1. The number of aromatic nitrogens is 2. The van der Waals surface area contributed by atoms with Gasteiger partial charge in [0, 0.05) is 25.2 Å². The molecular weight excluding hydrogens is 373 g/mol. The van der Waals surface area contributed by atoms with Crippen molar-refractivity contribution in [1.29, 1.82) is 0 Å². The van der Waals surface area contributed by atoms with Gasteiger partial charge in [0.05, 0.1) is 18.9 Å². The molecule has 0 aliphatic carbocycles. The van der Waals surface area contributed by atoms with E-state index in [4.69, 9.17) is 9.15 Å². The highest BCUT2D eigenvalue weighted by molar-refractivity contribution is 5.94. The number of nitrogens with zero attached hydrogens (tertiary/aromatic N) is 3. The molecule has 1 amide bonds. The Kier molecular flexibility index (Phi) is 5.55. The van der Waals surface area contributed by atoms with Gasteiger partial charge in [-0.2, -0.15) is 0 Å². The normalized spacial score (nSPS) is 16.6. The topological polar surface area (TPSA) is 68.5 Å². The molecule has 4 rings (SSSR count). The lowest BCUT2D eigenvalue weighted by Gasteiger charge is -2.33. The summed E-state index contributed by atoms with van der Waals surface area (Å²) in [5, 5.41) is 0. The Morgan fingerprint density at radius 1 is 1.17 bits per heavy atom. The minimum atomic E-state index is -0.267. The summed E-state index contributed by atoms with van der Waals surface area (Å²) in [7, 11) is 1.54. The van der Waals surface area contributed by atoms with E-state index in [9.17, 15) is 9.18 Å². The van der Waals surface area contributed by atoms with Crippen molar-refractivity contribution in [2.45, 2.75) is 31.7 Å². The Balaban J connectivity index is 1.52. The van der Waals surface area contributed by atoms with Crippen LogP contribution in [0.4, 0.5) is 4.39 Å². The van der Waals surface area contributed by atoms with Gasteiger partial charge in [-0.1, -0.05) is 12.1 Å². The van der Waals surface area contributed by atoms with Crippen molar-refractivity contribution in [3.05, 3.63) is 77.4 Å². The largest absolute Gasteiger partial charge is 0.481 e. The Morgan fingerprint density at radius 2 is 2.00 bits per heavy atom. The van der Waals surface area contributed by atoms with E-state index >= 15 is 0 Å². The smallest absolute Gasteiger partial charge is 0.256 e. The summed E-state index contributed by atoms with van der Waals surface area (Å²) in [6.07, 6.45) is 6.48. The van der Waals surface area contributed by atoms with Gasteiger partial charge < -0.3 is 14.1 Å². The molecule has 0 bridgehead atoms. The van der Waals surface area contributed by atoms with Gasteiger partial charge >= 0.3 is 0 Å². The van der Waals surface area contributed by atoms with Crippen LogP contribution >= 0.6 is 0 Å². The van der Waals surface area contributed by atoms with Gasteiger partial charge in [-0.3, -0.25) is 4.79 Å². The van der Waals surface area contributed by atoms with Crippen molar-refractivity contribution >= 4 is 5.91 Å². The van der Waals surface area contributed by atoms with Crippen LogP contribution in [0.5, 0.6) is 5.88 Å². The van der Waals surface area contributed by atoms with E-state index in [1.54, 1.807) is 35.4 Å². The fourth-order valence-corrected chi connectivity index (χ4v) is 3.59. The van der Waals surface area contributed by atoms with Crippen molar-refractivity contribution in [2.24, 2.45) is 0 Å². The minimum absolute atomic E-state index is 0.0943. The van der Waals surface area contributed by atoms with Crippen LogP contribution in [0.3, 0.4) is 0 Å². The molecule has 1 atom stereocenters. The Labute approximate surface area is 168 Å². The maximum Gasteiger partial charge on any atom is 0.256 e. The van der Waals surface area contributed by atoms with E-state index < -0.39 is 0 Å². The first-order valence-corrected chi connectivity index (χ1v) is 9.64. The first-order chi connectivity index (χ1) is 14.1. The van der Waals surface area contributed by atoms with Crippen LogP contribution in [0.15, 0.2) is 53.2 Å². The summed E-state index contributed by atoms with van der Waals surface area (Å²) in [6.45, 7) is 0.644.